The fourth-order valence-corrected chi connectivity index (χ4v) is 3.17. The molecule has 0 saturated heterocycles. The Labute approximate surface area is 127 Å². The predicted molar refractivity (Wildman–Crippen MR) is 87.2 cm³/mol. The predicted octanol–water partition coefficient (Wildman–Crippen LogP) is 2.88. The molecule has 106 valence electrons. The summed E-state index contributed by atoms with van der Waals surface area (Å²) in [5, 5.41) is 0. The van der Waals surface area contributed by atoms with Gasteiger partial charge in [-0.05, 0) is 36.4 Å². The summed E-state index contributed by atoms with van der Waals surface area (Å²) < 4.78 is 0. The van der Waals surface area contributed by atoms with Gasteiger partial charge in [-0.15, -0.1) is 11.3 Å². The van der Waals surface area contributed by atoms with Crippen molar-refractivity contribution in [2.24, 2.45) is 0 Å². The van der Waals surface area contributed by atoms with Crippen molar-refractivity contribution in [3.05, 3.63) is 69.9 Å². The molecule has 3 aromatic heterocycles. The van der Waals surface area contributed by atoms with Crippen LogP contribution >= 0.6 is 11.3 Å². The number of nitrogen functional groups attached to an aromatic ring is 2. The van der Waals surface area contributed by atoms with Crippen LogP contribution in [0.4, 0.5) is 11.4 Å². The van der Waals surface area contributed by atoms with E-state index in [1.165, 1.54) is 9.75 Å². The third-order valence-corrected chi connectivity index (χ3v) is 4.34. The summed E-state index contributed by atoms with van der Waals surface area (Å²) in [6.45, 7) is 0. The van der Waals surface area contributed by atoms with Crippen LogP contribution in [0.1, 0.15) is 21.1 Å². The highest BCUT2D eigenvalue weighted by Gasteiger charge is 2.07. The van der Waals surface area contributed by atoms with Crippen LogP contribution < -0.4 is 11.5 Å². The zero-order valence-corrected chi connectivity index (χ0v) is 12.3. The molecule has 0 amide bonds. The average molecular weight is 296 g/mol. The van der Waals surface area contributed by atoms with Gasteiger partial charge < -0.3 is 11.5 Å². The van der Waals surface area contributed by atoms with Crippen LogP contribution in [0.5, 0.6) is 0 Å². The van der Waals surface area contributed by atoms with E-state index in [9.17, 15) is 0 Å². The second kappa shape index (κ2) is 5.93. The van der Waals surface area contributed by atoms with Crippen LogP contribution in [0.3, 0.4) is 0 Å². The number of pyridine rings is 2. The lowest BCUT2D eigenvalue weighted by Crippen LogP contribution is -1.97. The number of rotatable bonds is 4. The average Bonchev–Trinajstić information content (AvgIpc) is 2.91. The first-order chi connectivity index (χ1) is 10.2. The van der Waals surface area contributed by atoms with Crippen LogP contribution in [-0.2, 0) is 12.8 Å². The summed E-state index contributed by atoms with van der Waals surface area (Å²) in [4.78, 5) is 11.1. The maximum Gasteiger partial charge on any atom is 0.0684 e. The van der Waals surface area contributed by atoms with Crippen LogP contribution in [0, 0.1) is 0 Å². The monoisotopic (exact) mass is 296 g/mol. The van der Waals surface area contributed by atoms with Gasteiger partial charge in [-0.1, -0.05) is 0 Å². The maximum absolute atomic E-state index is 5.93. The van der Waals surface area contributed by atoms with E-state index in [4.69, 9.17) is 11.5 Å². The number of thiophene rings is 1. The fourth-order valence-electron chi connectivity index (χ4n) is 2.14. The summed E-state index contributed by atoms with van der Waals surface area (Å²) in [7, 11) is 0. The van der Waals surface area contributed by atoms with Gasteiger partial charge in [0.25, 0.3) is 0 Å². The molecule has 0 bridgehead atoms. The summed E-state index contributed by atoms with van der Waals surface area (Å²) >= 11 is 1.75. The van der Waals surface area contributed by atoms with Gasteiger partial charge in [0.05, 0.1) is 22.8 Å². The standard InChI is InChI=1S/C16H16N4S/c17-13-3-1-7-19-15(13)9-11-5-6-12(21-11)10-16-14(18)4-2-8-20-16/h1-8H,9-10,17-18H2. The van der Waals surface area contributed by atoms with Crippen molar-refractivity contribution in [1.29, 1.82) is 0 Å². The first-order valence-electron chi connectivity index (χ1n) is 6.68. The van der Waals surface area contributed by atoms with Crippen LogP contribution in [-0.4, -0.2) is 9.97 Å². The van der Waals surface area contributed by atoms with E-state index in [2.05, 4.69) is 22.1 Å². The lowest BCUT2D eigenvalue weighted by Gasteiger charge is -2.02. The van der Waals surface area contributed by atoms with E-state index in [0.29, 0.717) is 0 Å². The van der Waals surface area contributed by atoms with Gasteiger partial charge in [-0.3, -0.25) is 9.97 Å². The molecule has 0 atom stereocenters. The van der Waals surface area contributed by atoms with E-state index in [-0.39, 0.29) is 0 Å². The second-order valence-electron chi connectivity index (χ2n) is 4.80. The number of anilines is 2. The van der Waals surface area contributed by atoms with Gasteiger partial charge in [-0.2, -0.15) is 0 Å². The van der Waals surface area contributed by atoms with Crippen molar-refractivity contribution in [1.82, 2.24) is 9.97 Å². The Balaban J connectivity index is 1.75. The highest BCUT2D eigenvalue weighted by Crippen LogP contribution is 2.24. The van der Waals surface area contributed by atoms with Crippen LogP contribution in [0.2, 0.25) is 0 Å². The zero-order chi connectivity index (χ0) is 14.7. The normalized spacial score (nSPS) is 10.7. The minimum atomic E-state index is 0.737. The molecule has 0 aliphatic carbocycles. The van der Waals surface area contributed by atoms with E-state index in [1.807, 2.05) is 24.3 Å². The largest absolute Gasteiger partial charge is 0.397 e. The van der Waals surface area contributed by atoms with Crippen molar-refractivity contribution >= 4 is 22.7 Å². The molecule has 3 aromatic rings. The molecule has 5 heteroatoms. The SMILES string of the molecule is Nc1cccnc1Cc1ccc(Cc2ncccc2N)s1. The second-order valence-corrected chi connectivity index (χ2v) is 6.05. The number of aromatic nitrogens is 2. The molecule has 0 spiro atoms. The highest BCUT2D eigenvalue weighted by molar-refractivity contribution is 7.12. The van der Waals surface area contributed by atoms with E-state index in [1.54, 1.807) is 23.7 Å². The molecule has 0 aliphatic rings. The third kappa shape index (κ3) is 3.20. The molecule has 0 radical (unpaired) electrons. The summed E-state index contributed by atoms with van der Waals surface area (Å²) in [5.74, 6) is 0. The van der Waals surface area contributed by atoms with Gasteiger partial charge in [0.15, 0.2) is 0 Å². The Morgan fingerprint density at radius 3 is 1.67 bits per heavy atom. The smallest absolute Gasteiger partial charge is 0.0684 e. The molecule has 0 saturated carbocycles. The number of nitrogens with zero attached hydrogens (tertiary/aromatic N) is 2. The molecule has 0 aromatic carbocycles. The summed E-state index contributed by atoms with van der Waals surface area (Å²) in [6.07, 6.45) is 5.06. The topological polar surface area (TPSA) is 77.8 Å². The number of hydrogen-bond acceptors (Lipinski definition) is 5. The Morgan fingerprint density at radius 1 is 0.762 bits per heavy atom. The molecule has 0 fully saturated rings. The fraction of sp³-hybridized carbons (Fsp3) is 0.125. The van der Waals surface area contributed by atoms with Crippen molar-refractivity contribution in [2.45, 2.75) is 12.8 Å². The van der Waals surface area contributed by atoms with Gasteiger partial charge in [-0.25, -0.2) is 0 Å². The zero-order valence-electron chi connectivity index (χ0n) is 11.5. The van der Waals surface area contributed by atoms with E-state index in [0.717, 1.165) is 35.6 Å². The Hall–Kier alpha value is -2.40. The van der Waals surface area contributed by atoms with Crippen molar-refractivity contribution < 1.29 is 0 Å². The van der Waals surface area contributed by atoms with Gasteiger partial charge in [0.2, 0.25) is 0 Å². The van der Waals surface area contributed by atoms with Gasteiger partial charge >= 0.3 is 0 Å². The molecular weight excluding hydrogens is 280 g/mol. The van der Waals surface area contributed by atoms with E-state index >= 15 is 0 Å². The maximum atomic E-state index is 5.93. The molecule has 4 nitrogen and oxygen atoms in total. The Kier molecular flexibility index (Phi) is 3.83. The first kappa shape index (κ1) is 13.6. The van der Waals surface area contributed by atoms with Crippen LogP contribution in [0.25, 0.3) is 0 Å². The lowest BCUT2D eigenvalue weighted by molar-refractivity contribution is 1.10. The minimum absolute atomic E-state index is 0.737. The molecule has 21 heavy (non-hydrogen) atoms. The quantitative estimate of drug-likeness (QED) is 0.776. The molecule has 3 rings (SSSR count). The van der Waals surface area contributed by atoms with Crippen molar-refractivity contribution in [3.63, 3.8) is 0 Å². The number of hydrogen-bond donors (Lipinski definition) is 2. The number of nitrogens with two attached hydrogens (primary N) is 2. The van der Waals surface area contributed by atoms with Gasteiger partial charge in [0.1, 0.15) is 0 Å². The van der Waals surface area contributed by atoms with Crippen molar-refractivity contribution in [3.8, 4) is 0 Å². The molecule has 3 heterocycles. The molecule has 0 unspecified atom stereocenters. The highest BCUT2D eigenvalue weighted by atomic mass is 32.1. The van der Waals surface area contributed by atoms with Crippen molar-refractivity contribution in [2.75, 3.05) is 11.5 Å². The van der Waals surface area contributed by atoms with E-state index < -0.39 is 0 Å². The summed E-state index contributed by atoms with van der Waals surface area (Å²) in [6, 6.07) is 11.7. The Morgan fingerprint density at radius 2 is 1.24 bits per heavy atom. The Bertz CT molecular complexity index is 689. The van der Waals surface area contributed by atoms with Crippen LogP contribution in [0.15, 0.2) is 48.8 Å². The third-order valence-electron chi connectivity index (χ3n) is 3.25. The summed E-state index contributed by atoms with van der Waals surface area (Å²) in [5.41, 5.74) is 15.2. The molecule has 0 aliphatic heterocycles. The molecule has 4 N–H and O–H groups in total. The first-order valence-corrected chi connectivity index (χ1v) is 7.50. The molecular formula is C16H16N4S. The van der Waals surface area contributed by atoms with Gasteiger partial charge in [0, 0.05) is 35.0 Å². The lowest BCUT2D eigenvalue weighted by atomic mass is 10.2. The minimum Gasteiger partial charge on any atom is -0.397 e.